The minimum absolute atomic E-state index is 0.0297. The minimum atomic E-state index is -0.270. The van der Waals surface area contributed by atoms with Crippen molar-refractivity contribution in [2.45, 2.75) is 45.2 Å². The number of ketones is 2. The molecule has 6 nitrogen and oxygen atoms in total. The smallest absolute Gasteiger partial charge is 0.220 e. The van der Waals surface area contributed by atoms with Crippen LogP contribution < -0.4 is 16.0 Å². The maximum atomic E-state index is 11.6. The van der Waals surface area contributed by atoms with Crippen molar-refractivity contribution in [2.75, 3.05) is 20.6 Å². The lowest BCUT2D eigenvalue weighted by molar-refractivity contribution is -0.123. The molecule has 0 bridgehead atoms. The van der Waals surface area contributed by atoms with E-state index in [1.54, 1.807) is 14.1 Å². The second kappa shape index (κ2) is 9.63. The maximum absolute atomic E-state index is 11.6. The summed E-state index contributed by atoms with van der Waals surface area (Å²) in [6.07, 6.45) is 1.36. The Morgan fingerprint density at radius 3 is 1.79 bits per heavy atom. The summed E-state index contributed by atoms with van der Waals surface area (Å²) < 4.78 is 0. The Labute approximate surface area is 114 Å². The molecule has 0 rings (SSSR count). The van der Waals surface area contributed by atoms with Crippen molar-refractivity contribution >= 4 is 17.5 Å². The first-order chi connectivity index (χ1) is 8.92. The predicted octanol–water partition coefficient (Wildman–Crippen LogP) is -0.373. The van der Waals surface area contributed by atoms with Crippen molar-refractivity contribution in [1.82, 2.24) is 16.0 Å². The first-order valence-corrected chi connectivity index (χ1v) is 6.54. The summed E-state index contributed by atoms with van der Waals surface area (Å²) in [5.74, 6) is -0.00870. The van der Waals surface area contributed by atoms with E-state index in [-0.39, 0.29) is 29.6 Å². The van der Waals surface area contributed by atoms with E-state index in [4.69, 9.17) is 0 Å². The second-order valence-electron chi connectivity index (χ2n) is 4.58. The van der Waals surface area contributed by atoms with Crippen LogP contribution in [0.5, 0.6) is 0 Å². The van der Waals surface area contributed by atoms with E-state index in [1.165, 1.54) is 13.8 Å². The van der Waals surface area contributed by atoms with E-state index in [9.17, 15) is 14.4 Å². The lowest BCUT2D eigenvalue weighted by Gasteiger charge is -2.14. The van der Waals surface area contributed by atoms with Gasteiger partial charge in [0.05, 0.1) is 12.1 Å². The van der Waals surface area contributed by atoms with Gasteiger partial charge in [-0.3, -0.25) is 14.4 Å². The third kappa shape index (κ3) is 7.69. The molecule has 110 valence electrons. The standard InChI is InChI=1S/C13H25N3O3/c1-9(17)11(14-3)5-6-13(19)16-8-7-12(15-4)10(2)18/h11-12,14-15H,5-8H2,1-4H3,(H,16,19). The van der Waals surface area contributed by atoms with Gasteiger partial charge in [0.1, 0.15) is 11.6 Å². The highest BCUT2D eigenvalue weighted by Crippen LogP contribution is 1.99. The van der Waals surface area contributed by atoms with Gasteiger partial charge in [-0.25, -0.2) is 0 Å². The van der Waals surface area contributed by atoms with Crippen LogP contribution in [0.1, 0.15) is 33.1 Å². The number of carbonyl (C=O) groups is 3. The fourth-order valence-corrected chi connectivity index (χ4v) is 1.82. The molecular weight excluding hydrogens is 246 g/mol. The molecule has 0 aliphatic carbocycles. The summed E-state index contributed by atoms with van der Waals surface area (Å²) in [5.41, 5.74) is 0. The van der Waals surface area contributed by atoms with Gasteiger partial charge in [-0.1, -0.05) is 0 Å². The highest BCUT2D eigenvalue weighted by Gasteiger charge is 2.14. The molecule has 0 heterocycles. The molecule has 6 heteroatoms. The van der Waals surface area contributed by atoms with Gasteiger partial charge in [0.25, 0.3) is 0 Å². The average Bonchev–Trinajstić information content (AvgIpc) is 2.34. The number of rotatable bonds is 10. The quantitative estimate of drug-likeness (QED) is 0.504. The van der Waals surface area contributed by atoms with Crippen LogP contribution in [-0.2, 0) is 14.4 Å². The number of likely N-dealkylation sites (N-methyl/N-ethyl adjacent to an activating group) is 2. The molecule has 0 saturated heterocycles. The molecule has 0 radical (unpaired) electrons. The number of Topliss-reactive ketones (excluding diaryl/α,β-unsaturated/α-hetero) is 2. The lowest BCUT2D eigenvalue weighted by Crippen LogP contribution is -2.37. The van der Waals surface area contributed by atoms with Crippen molar-refractivity contribution in [3.8, 4) is 0 Å². The van der Waals surface area contributed by atoms with Crippen LogP contribution in [0.4, 0.5) is 0 Å². The zero-order valence-corrected chi connectivity index (χ0v) is 12.2. The van der Waals surface area contributed by atoms with Gasteiger partial charge in [-0.2, -0.15) is 0 Å². The van der Waals surface area contributed by atoms with Gasteiger partial charge < -0.3 is 16.0 Å². The molecule has 2 unspecified atom stereocenters. The molecular formula is C13H25N3O3. The molecule has 0 aliphatic rings. The minimum Gasteiger partial charge on any atom is -0.356 e. The fourth-order valence-electron chi connectivity index (χ4n) is 1.82. The predicted molar refractivity (Wildman–Crippen MR) is 73.9 cm³/mol. The Morgan fingerprint density at radius 1 is 0.895 bits per heavy atom. The van der Waals surface area contributed by atoms with Gasteiger partial charge in [0.2, 0.25) is 5.91 Å². The van der Waals surface area contributed by atoms with E-state index >= 15 is 0 Å². The van der Waals surface area contributed by atoms with Crippen LogP contribution in [0.15, 0.2) is 0 Å². The zero-order valence-electron chi connectivity index (χ0n) is 12.2. The summed E-state index contributed by atoms with van der Waals surface area (Å²) in [6.45, 7) is 3.48. The van der Waals surface area contributed by atoms with Crippen molar-refractivity contribution < 1.29 is 14.4 Å². The molecule has 0 aromatic rings. The van der Waals surface area contributed by atoms with E-state index in [0.29, 0.717) is 25.8 Å². The summed E-state index contributed by atoms with van der Waals surface area (Å²) in [5, 5.41) is 8.52. The SMILES string of the molecule is CNC(CCNC(=O)CCC(NC)C(C)=O)C(C)=O. The molecule has 1 amide bonds. The first kappa shape index (κ1) is 17.7. The number of amides is 1. The lowest BCUT2D eigenvalue weighted by atomic mass is 10.1. The van der Waals surface area contributed by atoms with Crippen LogP contribution in [0.25, 0.3) is 0 Å². The van der Waals surface area contributed by atoms with Crippen molar-refractivity contribution in [3.05, 3.63) is 0 Å². The van der Waals surface area contributed by atoms with E-state index in [2.05, 4.69) is 16.0 Å². The van der Waals surface area contributed by atoms with Crippen molar-refractivity contribution in [3.63, 3.8) is 0 Å². The van der Waals surface area contributed by atoms with E-state index < -0.39 is 0 Å². The Bertz CT molecular complexity index is 318. The van der Waals surface area contributed by atoms with Gasteiger partial charge in [-0.15, -0.1) is 0 Å². The van der Waals surface area contributed by atoms with Crippen LogP contribution in [-0.4, -0.2) is 50.2 Å². The molecule has 2 atom stereocenters. The topological polar surface area (TPSA) is 87.3 Å². The van der Waals surface area contributed by atoms with Crippen molar-refractivity contribution in [1.29, 1.82) is 0 Å². The van der Waals surface area contributed by atoms with Gasteiger partial charge >= 0.3 is 0 Å². The first-order valence-electron chi connectivity index (χ1n) is 6.54. The Hall–Kier alpha value is -1.27. The number of nitrogens with one attached hydrogen (secondary N) is 3. The third-order valence-electron chi connectivity index (χ3n) is 3.09. The summed E-state index contributed by atoms with van der Waals surface area (Å²) in [6, 6.07) is -0.490. The van der Waals surface area contributed by atoms with Crippen LogP contribution in [0, 0.1) is 0 Å². The van der Waals surface area contributed by atoms with Crippen LogP contribution in [0.3, 0.4) is 0 Å². The van der Waals surface area contributed by atoms with E-state index in [0.717, 1.165) is 0 Å². The molecule has 0 aromatic heterocycles. The number of hydrogen-bond acceptors (Lipinski definition) is 5. The van der Waals surface area contributed by atoms with Crippen LogP contribution >= 0.6 is 0 Å². The maximum Gasteiger partial charge on any atom is 0.220 e. The summed E-state index contributed by atoms with van der Waals surface area (Å²) in [4.78, 5) is 33.9. The highest BCUT2D eigenvalue weighted by atomic mass is 16.2. The Balaban J connectivity index is 3.87. The fraction of sp³-hybridized carbons (Fsp3) is 0.769. The van der Waals surface area contributed by atoms with Crippen LogP contribution in [0.2, 0.25) is 0 Å². The van der Waals surface area contributed by atoms with Gasteiger partial charge in [-0.05, 0) is 40.8 Å². The third-order valence-corrected chi connectivity index (χ3v) is 3.09. The Kier molecular flexibility index (Phi) is 8.99. The zero-order chi connectivity index (χ0) is 14.8. The summed E-state index contributed by atoms with van der Waals surface area (Å²) in [7, 11) is 3.42. The molecule has 0 fully saturated rings. The highest BCUT2D eigenvalue weighted by molar-refractivity contribution is 5.83. The van der Waals surface area contributed by atoms with Gasteiger partial charge in [0, 0.05) is 13.0 Å². The molecule has 0 spiro atoms. The Morgan fingerprint density at radius 2 is 1.37 bits per heavy atom. The summed E-state index contributed by atoms with van der Waals surface area (Å²) >= 11 is 0. The number of hydrogen-bond donors (Lipinski definition) is 3. The second-order valence-corrected chi connectivity index (χ2v) is 4.58. The monoisotopic (exact) mass is 271 g/mol. The normalized spacial score (nSPS) is 13.7. The average molecular weight is 271 g/mol. The largest absolute Gasteiger partial charge is 0.356 e. The molecule has 3 N–H and O–H groups in total. The molecule has 19 heavy (non-hydrogen) atoms. The number of carbonyl (C=O) groups excluding carboxylic acids is 3. The van der Waals surface area contributed by atoms with E-state index in [1.807, 2.05) is 0 Å². The van der Waals surface area contributed by atoms with Gasteiger partial charge in [0.15, 0.2) is 0 Å². The van der Waals surface area contributed by atoms with Crippen molar-refractivity contribution in [2.24, 2.45) is 0 Å². The molecule has 0 aromatic carbocycles. The molecule has 0 saturated carbocycles. The molecule has 0 aliphatic heterocycles.